The first-order valence-corrected chi connectivity index (χ1v) is 12.5. The minimum Gasteiger partial charge on any atom is -0.493 e. The fourth-order valence-corrected chi connectivity index (χ4v) is 6.58. The Kier molecular flexibility index (Phi) is 5.44. The van der Waals surface area contributed by atoms with E-state index < -0.39 is 4.92 Å². The molecule has 1 heterocycles. The van der Waals surface area contributed by atoms with Crippen molar-refractivity contribution >= 4 is 39.6 Å². The SMILES string of the molecule is COc1cc(/C=N\N2C(=O)[C@@H]3[C@@H]4C=C[C@H]([C@H]5C[C@H]45)[C@@H]3C2=O)cc(Br)c1OCc1ccc([N+](=O)[O-])cc1. The number of allylic oxidation sites excluding steroid dienone is 2. The fraction of sp³-hybridized carbons (Fsp3) is 0.346. The molecule has 0 spiro atoms. The molecule has 4 aliphatic carbocycles. The summed E-state index contributed by atoms with van der Waals surface area (Å²) in [6, 6.07) is 9.57. The number of methoxy groups -OCH3 is 1. The quantitative estimate of drug-likeness (QED) is 0.166. The lowest BCUT2D eigenvalue weighted by molar-refractivity contribution is -0.384. The van der Waals surface area contributed by atoms with Crippen LogP contribution in [0.15, 0.2) is 58.1 Å². The summed E-state index contributed by atoms with van der Waals surface area (Å²) in [6.07, 6.45) is 6.87. The standard InChI is InChI=1S/C26H22BrN3O6/c1-35-21-9-14(8-20(27)24(21)36-12-13-2-4-15(5-3-13)30(33)34)11-28-29-25(31)22-16-6-7-17(19-10-18(16)19)23(22)26(29)32/h2-9,11,16-19,22-23H,10,12H2,1H3/b28-11-/t16-,17-,18-,19-,22-,23+/m1/s1. The van der Waals surface area contributed by atoms with Gasteiger partial charge in [0.05, 0.1) is 34.6 Å². The van der Waals surface area contributed by atoms with Crippen LogP contribution in [0.3, 0.4) is 0 Å². The van der Waals surface area contributed by atoms with E-state index in [1.807, 2.05) is 0 Å². The van der Waals surface area contributed by atoms with Crippen molar-refractivity contribution in [2.45, 2.75) is 13.0 Å². The maximum atomic E-state index is 13.1. The summed E-state index contributed by atoms with van der Waals surface area (Å²) in [5.74, 6) is 1.29. The summed E-state index contributed by atoms with van der Waals surface area (Å²) in [5.41, 5.74) is 1.39. The highest BCUT2D eigenvalue weighted by atomic mass is 79.9. The average Bonchev–Trinajstić information content (AvgIpc) is 3.66. The summed E-state index contributed by atoms with van der Waals surface area (Å²) < 4.78 is 12.0. The van der Waals surface area contributed by atoms with E-state index in [0.717, 1.165) is 17.0 Å². The molecular weight excluding hydrogens is 530 g/mol. The zero-order valence-corrected chi connectivity index (χ0v) is 20.8. The molecule has 3 fully saturated rings. The molecule has 9 nitrogen and oxygen atoms in total. The first-order chi connectivity index (χ1) is 17.4. The highest BCUT2D eigenvalue weighted by molar-refractivity contribution is 9.10. The summed E-state index contributed by atoms with van der Waals surface area (Å²) in [5, 5.41) is 16.2. The predicted octanol–water partition coefficient (Wildman–Crippen LogP) is 4.33. The van der Waals surface area contributed by atoms with Gasteiger partial charge >= 0.3 is 0 Å². The van der Waals surface area contributed by atoms with Gasteiger partial charge in [-0.3, -0.25) is 19.7 Å². The number of rotatable bonds is 7. The first-order valence-electron chi connectivity index (χ1n) is 11.7. The van der Waals surface area contributed by atoms with Gasteiger partial charge in [-0.25, -0.2) is 0 Å². The third kappa shape index (κ3) is 3.62. The van der Waals surface area contributed by atoms with Crippen LogP contribution < -0.4 is 9.47 Å². The van der Waals surface area contributed by atoms with Crippen LogP contribution in [0.25, 0.3) is 0 Å². The third-order valence-electron chi connectivity index (χ3n) is 7.74. The van der Waals surface area contributed by atoms with Gasteiger partial charge in [-0.2, -0.15) is 10.1 Å². The van der Waals surface area contributed by atoms with E-state index in [-0.39, 0.29) is 47.8 Å². The predicted molar refractivity (Wildman–Crippen MR) is 132 cm³/mol. The molecule has 36 heavy (non-hydrogen) atoms. The molecule has 5 aliphatic rings. The van der Waals surface area contributed by atoms with Gasteiger partial charge in [-0.1, -0.05) is 12.2 Å². The zero-order chi connectivity index (χ0) is 25.1. The normalized spacial score (nSPS) is 29.4. The van der Waals surface area contributed by atoms with E-state index >= 15 is 0 Å². The number of ether oxygens (including phenoxy) is 2. The second kappa shape index (κ2) is 8.55. The van der Waals surface area contributed by atoms with E-state index in [1.165, 1.54) is 25.5 Å². The molecule has 2 aromatic rings. The minimum atomic E-state index is -0.453. The molecule has 184 valence electrons. The first kappa shape index (κ1) is 22.9. The van der Waals surface area contributed by atoms with Gasteiger partial charge in [0.25, 0.3) is 17.5 Å². The fourth-order valence-electron chi connectivity index (χ4n) is 6.00. The zero-order valence-electron chi connectivity index (χ0n) is 19.2. The maximum absolute atomic E-state index is 13.1. The molecular formula is C26H22BrN3O6. The summed E-state index contributed by atoms with van der Waals surface area (Å²) in [7, 11) is 1.51. The number of hydrazone groups is 1. The number of halogens is 1. The van der Waals surface area contributed by atoms with Crippen molar-refractivity contribution in [3.05, 3.63) is 74.3 Å². The van der Waals surface area contributed by atoms with Crippen molar-refractivity contribution in [3.63, 3.8) is 0 Å². The van der Waals surface area contributed by atoms with Gasteiger partial charge in [-0.15, -0.1) is 0 Å². The topological polar surface area (TPSA) is 111 Å². The van der Waals surface area contributed by atoms with Crippen LogP contribution in [0.5, 0.6) is 11.5 Å². The Bertz CT molecular complexity index is 1300. The van der Waals surface area contributed by atoms with Crippen LogP contribution in [0.4, 0.5) is 5.69 Å². The monoisotopic (exact) mass is 551 g/mol. The minimum absolute atomic E-state index is 0.0103. The Morgan fingerprint density at radius 2 is 1.75 bits per heavy atom. The number of carbonyl (C=O) groups excluding carboxylic acids is 2. The molecule has 2 aromatic carbocycles. The molecule has 1 saturated heterocycles. The molecule has 2 amide bonds. The number of nitro benzene ring substituents is 1. The smallest absolute Gasteiger partial charge is 0.269 e. The number of carbonyl (C=O) groups is 2. The van der Waals surface area contributed by atoms with Crippen molar-refractivity contribution in [2.24, 2.45) is 40.6 Å². The molecule has 0 aromatic heterocycles. The number of imide groups is 1. The van der Waals surface area contributed by atoms with Gasteiger partial charge in [-0.05, 0) is 81.4 Å². The molecule has 0 unspecified atom stereocenters. The van der Waals surface area contributed by atoms with E-state index in [9.17, 15) is 19.7 Å². The molecule has 2 bridgehead atoms. The number of amides is 2. The highest BCUT2D eigenvalue weighted by Crippen LogP contribution is 2.65. The number of hydrogen-bond donors (Lipinski definition) is 0. The van der Waals surface area contributed by atoms with Crippen LogP contribution in [-0.2, 0) is 16.2 Å². The van der Waals surface area contributed by atoms with Crippen LogP contribution in [-0.4, -0.2) is 35.1 Å². The van der Waals surface area contributed by atoms with E-state index in [4.69, 9.17) is 9.47 Å². The van der Waals surface area contributed by atoms with Gasteiger partial charge in [0.1, 0.15) is 6.61 Å². The van der Waals surface area contributed by atoms with E-state index in [0.29, 0.717) is 33.4 Å². The van der Waals surface area contributed by atoms with Crippen molar-refractivity contribution in [2.75, 3.05) is 7.11 Å². The van der Waals surface area contributed by atoms with Gasteiger partial charge in [0.2, 0.25) is 0 Å². The maximum Gasteiger partial charge on any atom is 0.269 e. The van der Waals surface area contributed by atoms with Gasteiger partial charge in [0.15, 0.2) is 11.5 Å². The van der Waals surface area contributed by atoms with Crippen LogP contribution in [0.1, 0.15) is 17.5 Å². The van der Waals surface area contributed by atoms with Crippen molar-refractivity contribution < 1.29 is 24.0 Å². The Morgan fingerprint density at radius 1 is 1.11 bits per heavy atom. The lowest BCUT2D eigenvalue weighted by Gasteiger charge is -2.37. The lowest BCUT2D eigenvalue weighted by Crippen LogP contribution is -2.40. The highest BCUT2D eigenvalue weighted by Gasteiger charge is 2.67. The number of nitro groups is 1. The molecule has 10 heteroatoms. The van der Waals surface area contributed by atoms with Crippen molar-refractivity contribution in [3.8, 4) is 11.5 Å². The molecule has 0 N–H and O–H groups in total. The number of benzene rings is 2. The molecule has 0 radical (unpaired) electrons. The summed E-state index contributed by atoms with van der Waals surface area (Å²) in [6.45, 7) is 0.179. The second-order valence-corrected chi connectivity index (χ2v) is 10.5. The van der Waals surface area contributed by atoms with E-state index in [2.05, 4.69) is 33.2 Å². The molecule has 1 aliphatic heterocycles. The van der Waals surface area contributed by atoms with Gasteiger partial charge < -0.3 is 9.47 Å². The van der Waals surface area contributed by atoms with E-state index in [1.54, 1.807) is 24.3 Å². The summed E-state index contributed by atoms with van der Waals surface area (Å²) in [4.78, 5) is 36.6. The van der Waals surface area contributed by atoms with Crippen molar-refractivity contribution in [1.29, 1.82) is 0 Å². The third-order valence-corrected chi connectivity index (χ3v) is 8.33. The Hall–Kier alpha value is -3.53. The molecule has 6 atom stereocenters. The summed E-state index contributed by atoms with van der Waals surface area (Å²) >= 11 is 3.49. The van der Waals surface area contributed by atoms with Crippen LogP contribution >= 0.6 is 15.9 Å². The van der Waals surface area contributed by atoms with Gasteiger partial charge in [0, 0.05) is 12.1 Å². The number of non-ortho nitro benzene ring substituents is 1. The number of nitrogens with zero attached hydrogens (tertiary/aromatic N) is 3. The van der Waals surface area contributed by atoms with Crippen LogP contribution in [0.2, 0.25) is 0 Å². The number of hydrogen-bond acceptors (Lipinski definition) is 7. The Morgan fingerprint density at radius 3 is 2.33 bits per heavy atom. The Labute approximate surface area is 215 Å². The average molecular weight is 552 g/mol. The molecule has 2 saturated carbocycles. The second-order valence-electron chi connectivity index (χ2n) is 9.63. The lowest BCUT2D eigenvalue weighted by atomic mass is 9.63. The largest absolute Gasteiger partial charge is 0.493 e. The Balaban J connectivity index is 1.18. The van der Waals surface area contributed by atoms with Crippen molar-refractivity contribution in [1.82, 2.24) is 5.01 Å². The molecule has 7 rings (SSSR count). The van der Waals surface area contributed by atoms with Crippen LogP contribution in [0, 0.1) is 45.6 Å².